The number of nitrogens with one attached hydrogen (secondary N) is 1. The molecule has 2 heterocycles. The Morgan fingerprint density at radius 3 is 2.78 bits per heavy atom. The van der Waals surface area contributed by atoms with Crippen molar-refractivity contribution in [2.45, 2.75) is 70.9 Å². The summed E-state index contributed by atoms with van der Waals surface area (Å²) in [6.07, 6.45) is 6.73. The molecule has 0 saturated heterocycles. The van der Waals surface area contributed by atoms with Crippen LogP contribution in [0.15, 0.2) is 35.7 Å². The summed E-state index contributed by atoms with van der Waals surface area (Å²) in [5.74, 6) is 0.243. The number of benzene rings is 1. The Balaban J connectivity index is 1.70. The van der Waals surface area contributed by atoms with Crippen molar-refractivity contribution in [1.82, 2.24) is 14.9 Å². The summed E-state index contributed by atoms with van der Waals surface area (Å²) in [6, 6.07) is 9.31. The standard InChI is InChI=1S/C25H31N3O3S/c1-3-7-19(25(30)31)27-24(29)17-11-12-22-20(14-17)26-23(15-18-9-6-13-32-18)28(22)21-10-5-4-8-16(21)2/h6,9,11-14,16,19,21H,3-5,7-8,10,15H2,1-2H3,(H,27,29)(H,30,31)/t16-,19+,21-/m1/s1. The van der Waals surface area contributed by atoms with Crippen molar-refractivity contribution in [3.63, 3.8) is 0 Å². The molecule has 32 heavy (non-hydrogen) atoms. The number of hydrogen-bond acceptors (Lipinski definition) is 4. The van der Waals surface area contributed by atoms with Gasteiger partial charge in [0.1, 0.15) is 11.9 Å². The first-order chi connectivity index (χ1) is 15.5. The first-order valence-corrected chi connectivity index (χ1v) is 12.4. The molecule has 1 amide bonds. The number of fused-ring (bicyclic) bond motifs is 1. The minimum Gasteiger partial charge on any atom is -0.480 e. The topological polar surface area (TPSA) is 84.2 Å². The van der Waals surface area contributed by atoms with Crippen molar-refractivity contribution in [2.24, 2.45) is 5.92 Å². The molecule has 6 nitrogen and oxygen atoms in total. The lowest BCUT2D eigenvalue weighted by Crippen LogP contribution is -2.40. The van der Waals surface area contributed by atoms with Crippen LogP contribution in [0.4, 0.5) is 0 Å². The first kappa shape index (κ1) is 22.5. The molecule has 0 aliphatic heterocycles. The van der Waals surface area contributed by atoms with Gasteiger partial charge in [-0.05, 0) is 54.8 Å². The van der Waals surface area contributed by atoms with Crippen LogP contribution in [0.5, 0.6) is 0 Å². The fourth-order valence-electron chi connectivity index (χ4n) is 4.82. The number of carbonyl (C=O) groups excluding carboxylic acids is 1. The van der Waals surface area contributed by atoms with Crippen LogP contribution >= 0.6 is 11.3 Å². The minimum atomic E-state index is -1.00. The van der Waals surface area contributed by atoms with Gasteiger partial charge in [-0.3, -0.25) is 4.79 Å². The maximum atomic E-state index is 12.8. The van der Waals surface area contributed by atoms with E-state index >= 15 is 0 Å². The second-order valence-corrected chi connectivity index (χ2v) is 9.87. The van der Waals surface area contributed by atoms with E-state index in [0.717, 1.165) is 29.7 Å². The van der Waals surface area contributed by atoms with Gasteiger partial charge in [-0.25, -0.2) is 9.78 Å². The third-order valence-corrected chi connectivity index (χ3v) is 7.39. The van der Waals surface area contributed by atoms with Crippen molar-refractivity contribution in [3.05, 3.63) is 52.0 Å². The Morgan fingerprint density at radius 1 is 1.28 bits per heavy atom. The van der Waals surface area contributed by atoms with E-state index in [2.05, 4.69) is 34.3 Å². The zero-order valence-corrected chi connectivity index (χ0v) is 19.5. The molecule has 2 aromatic heterocycles. The number of hydrogen-bond donors (Lipinski definition) is 2. The number of carboxylic acids is 1. The molecule has 3 atom stereocenters. The Bertz CT molecular complexity index is 1090. The average molecular weight is 454 g/mol. The van der Waals surface area contributed by atoms with E-state index in [0.29, 0.717) is 30.4 Å². The van der Waals surface area contributed by atoms with E-state index in [4.69, 9.17) is 4.98 Å². The zero-order chi connectivity index (χ0) is 22.7. The third-order valence-electron chi connectivity index (χ3n) is 6.52. The molecule has 0 bridgehead atoms. The van der Waals surface area contributed by atoms with E-state index in [1.165, 1.54) is 24.1 Å². The number of thiophene rings is 1. The number of carbonyl (C=O) groups is 2. The van der Waals surface area contributed by atoms with Gasteiger partial charge in [-0.1, -0.05) is 39.2 Å². The highest BCUT2D eigenvalue weighted by atomic mass is 32.1. The quantitative estimate of drug-likeness (QED) is 0.477. The summed E-state index contributed by atoms with van der Waals surface area (Å²) in [5, 5.41) is 14.1. The van der Waals surface area contributed by atoms with E-state index in [1.807, 2.05) is 13.0 Å². The van der Waals surface area contributed by atoms with Crippen molar-refractivity contribution >= 4 is 34.2 Å². The number of rotatable bonds is 8. The lowest BCUT2D eigenvalue weighted by Gasteiger charge is -2.31. The van der Waals surface area contributed by atoms with E-state index in [1.54, 1.807) is 23.5 Å². The van der Waals surface area contributed by atoms with E-state index in [9.17, 15) is 14.7 Å². The highest BCUT2D eigenvalue weighted by molar-refractivity contribution is 7.09. The molecule has 170 valence electrons. The van der Waals surface area contributed by atoms with Gasteiger partial charge in [0.15, 0.2) is 0 Å². The summed E-state index contributed by atoms with van der Waals surface area (Å²) in [5.41, 5.74) is 2.29. The van der Waals surface area contributed by atoms with Crippen LogP contribution in [-0.4, -0.2) is 32.6 Å². The second kappa shape index (κ2) is 9.86. The Kier molecular flexibility index (Phi) is 6.94. The van der Waals surface area contributed by atoms with Crippen molar-refractivity contribution in [3.8, 4) is 0 Å². The zero-order valence-electron chi connectivity index (χ0n) is 18.7. The first-order valence-electron chi connectivity index (χ1n) is 11.5. The predicted molar refractivity (Wildman–Crippen MR) is 127 cm³/mol. The van der Waals surface area contributed by atoms with Crippen LogP contribution in [0.2, 0.25) is 0 Å². The fraction of sp³-hybridized carbons (Fsp3) is 0.480. The monoisotopic (exact) mass is 453 g/mol. The molecule has 1 saturated carbocycles. The number of aliphatic carboxylic acids is 1. The number of amides is 1. The number of imidazole rings is 1. The van der Waals surface area contributed by atoms with Gasteiger partial charge < -0.3 is 15.0 Å². The molecule has 1 aliphatic rings. The Hall–Kier alpha value is -2.67. The molecule has 0 radical (unpaired) electrons. The van der Waals surface area contributed by atoms with Gasteiger partial charge in [0.2, 0.25) is 0 Å². The summed E-state index contributed by atoms with van der Waals surface area (Å²) in [4.78, 5) is 30.5. The van der Waals surface area contributed by atoms with Crippen molar-refractivity contribution in [1.29, 1.82) is 0 Å². The predicted octanol–water partition coefficient (Wildman–Crippen LogP) is 5.42. The summed E-state index contributed by atoms with van der Waals surface area (Å²) < 4.78 is 2.40. The molecule has 1 aromatic carbocycles. The summed E-state index contributed by atoms with van der Waals surface area (Å²) in [7, 11) is 0. The highest BCUT2D eigenvalue weighted by Gasteiger charge is 2.27. The lowest BCUT2D eigenvalue weighted by molar-refractivity contribution is -0.139. The molecular formula is C25H31N3O3S. The van der Waals surface area contributed by atoms with Gasteiger partial charge in [-0.2, -0.15) is 0 Å². The van der Waals surface area contributed by atoms with Crippen molar-refractivity contribution < 1.29 is 14.7 Å². The third kappa shape index (κ3) is 4.72. The van der Waals surface area contributed by atoms with Gasteiger partial charge in [0.05, 0.1) is 11.0 Å². The SMILES string of the molecule is CCC[C@H](NC(=O)c1ccc2c(c1)nc(Cc1cccs1)n2[C@@H]1CCCC[C@H]1C)C(=O)O. The van der Waals surface area contributed by atoms with Crippen LogP contribution in [0.25, 0.3) is 11.0 Å². The molecule has 0 spiro atoms. The normalized spacial score (nSPS) is 19.7. The fourth-order valence-corrected chi connectivity index (χ4v) is 5.52. The number of nitrogens with zero attached hydrogens (tertiary/aromatic N) is 2. The molecule has 0 unspecified atom stereocenters. The minimum absolute atomic E-state index is 0.367. The maximum absolute atomic E-state index is 12.8. The average Bonchev–Trinajstić information content (AvgIpc) is 3.41. The van der Waals surface area contributed by atoms with Gasteiger partial charge in [0, 0.05) is 22.9 Å². The molecule has 2 N–H and O–H groups in total. The molecule has 7 heteroatoms. The largest absolute Gasteiger partial charge is 0.480 e. The van der Waals surface area contributed by atoms with Crippen LogP contribution in [-0.2, 0) is 11.2 Å². The van der Waals surface area contributed by atoms with Gasteiger partial charge in [0.25, 0.3) is 5.91 Å². The second-order valence-electron chi connectivity index (χ2n) is 8.84. The highest BCUT2D eigenvalue weighted by Crippen LogP contribution is 2.37. The van der Waals surface area contributed by atoms with E-state index < -0.39 is 12.0 Å². The van der Waals surface area contributed by atoms with Crippen molar-refractivity contribution in [2.75, 3.05) is 0 Å². The van der Waals surface area contributed by atoms with Crippen LogP contribution in [0, 0.1) is 5.92 Å². The Labute approximate surface area is 192 Å². The van der Waals surface area contributed by atoms with Gasteiger partial charge in [-0.15, -0.1) is 11.3 Å². The molecule has 1 aliphatic carbocycles. The van der Waals surface area contributed by atoms with E-state index in [-0.39, 0.29) is 5.91 Å². The number of aromatic nitrogens is 2. The number of carboxylic acid groups (broad SMARTS) is 1. The molecule has 1 fully saturated rings. The van der Waals surface area contributed by atoms with Crippen LogP contribution in [0.3, 0.4) is 0 Å². The Morgan fingerprint density at radius 2 is 2.09 bits per heavy atom. The lowest BCUT2D eigenvalue weighted by atomic mass is 9.85. The van der Waals surface area contributed by atoms with Crippen LogP contribution < -0.4 is 5.32 Å². The molecular weight excluding hydrogens is 422 g/mol. The van der Waals surface area contributed by atoms with Crippen LogP contribution in [0.1, 0.15) is 79.5 Å². The summed E-state index contributed by atoms with van der Waals surface area (Å²) in [6.45, 7) is 4.23. The molecule has 3 aromatic rings. The smallest absolute Gasteiger partial charge is 0.326 e. The summed E-state index contributed by atoms with van der Waals surface area (Å²) >= 11 is 1.73. The molecule has 4 rings (SSSR count). The maximum Gasteiger partial charge on any atom is 0.326 e. The van der Waals surface area contributed by atoms with Gasteiger partial charge >= 0.3 is 5.97 Å².